The number of rotatable bonds is 4. The third kappa shape index (κ3) is 4.33. The zero-order valence-corrected chi connectivity index (χ0v) is 12.7. The van der Waals surface area contributed by atoms with Gasteiger partial charge in [0.15, 0.2) is 0 Å². The molecular formula is C14H27ClN2O2. The third-order valence-electron chi connectivity index (χ3n) is 4.17. The zero-order valence-electron chi connectivity index (χ0n) is 11.9. The highest BCUT2D eigenvalue weighted by Gasteiger charge is 2.38. The first-order valence-corrected chi connectivity index (χ1v) is 7.25. The highest BCUT2D eigenvalue weighted by molar-refractivity contribution is 5.85. The average Bonchev–Trinajstić information content (AvgIpc) is 2.77. The van der Waals surface area contributed by atoms with Gasteiger partial charge in [-0.2, -0.15) is 0 Å². The molecule has 1 saturated heterocycles. The van der Waals surface area contributed by atoms with Crippen molar-refractivity contribution in [3.63, 3.8) is 0 Å². The Labute approximate surface area is 122 Å². The summed E-state index contributed by atoms with van der Waals surface area (Å²) >= 11 is 0. The number of ether oxygens (including phenoxy) is 1. The molecule has 1 saturated carbocycles. The number of carbonyl (C=O) groups excluding carboxylic acids is 1. The van der Waals surface area contributed by atoms with Crippen molar-refractivity contribution in [1.29, 1.82) is 0 Å². The summed E-state index contributed by atoms with van der Waals surface area (Å²) in [7, 11) is 0. The fourth-order valence-electron chi connectivity index (χ4n) is 3.26. The molecule has 1 aliphatic carbocycles. The molecule has 4 atom stereocenters. The van der Waals surface area contributed by atoms with Gasteiger partial charge in [0.1, 0.15) is 0 Å². The first kappa shape index (κ1) is 16.7. The molecule has 0 spiro atoms. The van der Waals surface area contributed by atoms with Crippen molar-refractivity contribution in [2.24, 2.45) is 17.6 Å². The summed E-state index contributed by atoms with van der Waals surface area (Å²) in [4.78, 5) is 12.1. The summed E-state index contributed by atoms with van der Waals surface area (Å²) in [6, 6.07) is -0.0929. The zero-order chi connectivity index (χ0) is 13.1. The molecule has 3 unspecified atom stereocenters. The molecule has 3 N–H and O–H groups in total. The molecule has 2 aliphatic rings. The lowest BCUT2D eigenvalue weighted by Crippen LogP contribution is -2.51. The van der Waals surface area contributed by atoms with Crippen molar-refractivity contribution in [3.8, 4) is 0 Å². The fourth-order valence-corrected chi connectivity index (χ4v) is 3.26. The molecule has 0 bridgehead atoms. The smallest absolute Gasteiger partial charge is 0.237 e. The molecule has 0 aromatic heterocycles. The van der Waals surface area contributed by atoms with E-state index in [4.69, 9.17) is 10.5 Å². The number of nitrogens with one attached hydrogen (secondary N) is 1. The predicted octanol–water partition coefficient (Wildman–Crippen LogP) is 1.86. The van der Waals surface area contributed by atoms with Crippen LogP contribution in [0.1, 0.15) is 46.0 Å². The Morgan fingerprint density at radius 1 is 1.37 bits per heavy atom. The molecule has 2 fully saturated rings. The largest absolute Gasteiger partial charge is 0.378 e. The van der Waals surface area contributed by atoms with Crippen LogP contribution in [-0.2, 0) is 9.53 Å². The van der Waals surface area contributed by atoms with Crippen LogP contribution in [0.4, 0.5) is 0 Å². The minimum absolute atomic E-state index is 0. The Morgan fingerprint density at radius 2 is 2.11 bits per heavy atom. The Balaban J connectivity index is 0.00000180. The van der Waals surface area contributed by atoms with E-state index in [1.165, 1.54) is 0 Å². The fraction of sp³-hybridized carbons (Fsp3) is 0.929. The molecular weight excluding hydrogens is 264 g/mol. The van der Waals surface area contributed by atoms with Gasteiger partial charge in [-0.05, 0) is 38.0 Å². The predicted molar refractivity (Wildman–Crippen MR) is 78.3 cm³/mol. The third-order valence-corrected chi connectivity index (χ3v) is 4.17. The molecule has 1 amide bonds. The molecule has 5 heteroatoms. The van der Waals surface area contributed by atoms with E-state index in [9.17, 15) is 4.79 Å². The second-order valence-electron chi connectivity index (χ2n) is 6.14. The van der Waals surface area contributed by atoms with E-state index < -0.39 is 0 Å². The highest BCUT2D eigenvalue weighted by atomic mass is 35.5. The molecule has 0 aromatic rings. The van der Waals surface area contributed by atoms with Gasteiger partial charge in [-0.3, -0.25) is 4.79 Å². The minimum atomic E-state index is -0.368. The Hall–Kier alpha value is -0.320. The van der Waals surface area contributed by atoms with Gasteiger partial charge >= 0.3 is 0 Å². The standard InChI is InChI=1S/C14H26N2O2.ClH/c1-9(2)8-11(15)14(17)16-12-4-3-5-13-10(12)6-7-18-13;/h9-13H,3-8,15H2,1-2H3,(H,16,17);1H/t10?,11-,12?,13?;/m0./s1. The van der Waals surface area contributed by atoms with Crippen LogP contribution in [0.15, 0.2) is 0 Å². The van der Waals surface area contributed by atoms with Gasteiger partial charge in [-0.25, -0.2) is 0 Å². The first-order chi connectivity index (χ1) is 8.58. The molecule has 112 valence electrons. The van der Waals surface area contributed by atoms with E-state index in [2.05, 4.69) is 19.2 Å². The second kappa shape index (κ2) is 7.46. The molecule has 19 heavy (non-hydrogen) atoms. The number of amides is 1. The monoisotopic (exact) mass is 290 g/mol. The van der Waals surface area contributed by atoms with E-state index in [1.54, 1.807) is 0 Å². The minimum Gasteiger partial charge on any atom is -0.378 e. The van der Waals surface area contributed by atoms with Gasteiger partial charge in [-0.1, -0.05) is 13.8 Å². The van der Waals surface area contributed by atoms with Gasteiger partial charge in [0, 0.05) is 18.6 Å². The quantitative estimate of drug-likeness (QED) is 0.830. The van der Waals surface area contributed by atoms with Crippen molar-refractivity contribution in [3.05, 3.63) is 0 Å². The average molecular weight is 291 g/mol. The number of fused-ring (bicyclic) bond motifs is 1. The van der Waals surface area contributed by atoms with E-state index in [0.29, 0.717) is 17.9 Å². The molecule has 1 aliphatic heterocycles. The SMILES string of the molecule is CC(C)C[C@H](N)C(=O)NC1CCCC2OCCC12.Cl. The van der Waals surface area contributed by atoms with Crippen LogP contribution in [-0.4, -0.2) is 30.7 Å². The summed E-state index contributed by atoms with van der Waals surface area (Å²) < 4.78 is 5.71. The second-order valence-corrected chi connectivity index (χ2v) is 6.14. The van der Waals surface area contributed by atoms with Crippen molar-refractivity contribution >= 4 is 18.3 Å². The molecule has 0 radical (unpaired) electrons. The first-order valence-electron chi connectivity index (χ1n) is 7.25. The van der Waals surface area contributed by atoms with Gasteiger partial charge in [-0.15, -0.1) is 12.4 Å². The molecule has 2 rings (SSSR count). The normalized spacial score (nSPS) is 31.5. The lowest BCUT2D eigenvalue weighted by molar-refractivity contribution is -0.124. The van der Waals surface area contributed by atoms with Crippen molar-refractivity contribution in [2.45, 2.75) is 64.1 Å². The Morgan fingerprint density at radius 3 is 2.79 bits per heavy atom. The summed E-state index contributed by atoms with van der Waals surface area (Å²) in [5.41, 5.74) is 5.93. The summed E-state index contributed by atoms with van der Waals surface area (Å²) in [5, 5.41) is 3.15. The van der Waals surface area contributed by atoms with E-state index >= 15 is 0 Å². The van der Waals surface area contributed by atoms with Crippen LogP contribution < -0.4 is 11.1 Å². The lowest BCUT2D eigenvalue weighted by Gasteiger charge is -2.33. The Bertz CT molecular complexity index is 299. The van der Waals surface area contributed by atoms with Gasteiger partial charge < -0.3 is 15.8 Å². The highest BCUT2D eigenvalue weighted by Crippen LogP contribution is 2.34. The summed E-state index contributed by atoms with van der Waals surface area (Å²) in [5.74, 6) is 0.981. The van der Waals surface area contributed by atoms with Crippen molar-refractivity contribution < 1.29 is 9.53 Å². The maximum absolute atomic E-state index is 12.1. The summed E-state index contributed by atoms with van der Waals surface area (Å²) in [6.45, 7) is 5.03. The molecule has 0 aromatic carbocycles. The van der Waals surface area contributed by atoms with Crippen LogP contribution in [0.2, 0.25) is 0 Å². The van der Waals surface area contributed by atoms with E-state index in [0.717, 1.165) is 38.7 Å². The van der Waals surface area contributed by atoms with Crippen LogP contribution in [0.3, 0.4) is 0 Å². The number of hydrogen-bond donors (Lipinski definition) is 2. The van der Waals surface area contributed by atoms with Crippen molar-refractivity contribution in [1.82, 2.24) is 5.32 Å². The van der Waals surface area contributed by atoms with Gasteiger partial charge in [0.25, 0.3) is 0 Å². The topological polar surface area (TPSA) is 64.4 Å². The van der Waals surface area contributed by atoms with E-state index in [1.807, 2.05) is 0 Å². The van der Waals surface area contributed by atoms with Crippen LogP contribution in [0.5, 0.6) is 0 Å². The number of carbonyl (C=O) groups is 1. The maximum Gasteiger partial charge on any atom is 0.237 e. The Kier molecular flexibility index (Phi) is 6.57. The van der Waals surface area contributed by atoms with E-state index in [-0.39, 0.29) is 30.4 Å². The van der Waals surface area contributed by atoms with Crippen LogP contribution >= 0.6 is 12.4 Å². The van der Waals surface area contributed by atoms with Crippen LogP contribution in [0, 0.1) is 11.8 Å². The van der Waals surface area contributed by atoms with Gasteiger partial charge in [0.05, 0.1) is 12.1 Å². The molecule has 1 heterocycles. The maximum atomic E-state index is 12.1. The number of nitrogens with two attached hydrogens (primary N) is 1. The number of halogens is 1. The van der Waals surface area contributed by atoms with Crippen LogP contribution in [0.25, 0.3) is 0 Å². The lowest BCUT2D eigenvalue weighted by atomic mass is 9.81. The summed E-state index contributed by atoms with van der Waals surface area (Å²) in [6.07, 6.45) is 5.56. The number of hydrogen-bond acceptors (Lipinski definition) is 3. The van der Waals surface area contributed by atoms with Crippen molar-refractivity contribution in [2.75, 3.05) is 6.61 Å². The molecule has 4 nitrogen and oxygen atoms in total. The van der Waals surface area contributed by atoms with Gasteiger partial charge in [0.2, 0.25) is 5.91 Å².